The number of benzene rings is 2. The first-order valence-corrected chi connectivity index (χ1v) is 10.4. The van der Waals surface area contributed by atoms with E-state index < -0.39 is 6.04 Å². The van der Waals surface area contributed by atoms with Gasteiger partial charge >= 0.3 is 0 Å². The number of carbonyl (C=O) groups excluding carboxylic acids is 1. The lowest BCUT2D eigenvalue weighted by atomic mass is 10.1. The van der Waals surface area contributed by atoms with Crippen LogP contribution in [0.5, 0.6) is 5.75 Å². The molecule has 1 amide bonds. The van der Waals surface area contributed by atoms with Crippen molar-refractivity contribution in [2.75, 3.05) is 7.11 Å². The third kappa shape index (κ3) is 4.22. The minimum Gasteiger partial charge on any atom is -0.497 e. The van der Waals surface area contributed by atoms with Gasteiger partial charge in [0.1, 0.15) is 28.3 Å². The Hall–Kier alpha value is -3.16. The number of methoxy groups -OCH3 is 1. The summed E-state index contributed by atoms with van der Waals surface area (Å²) in [4.78, 5) is 22.0. The maximum absolute atomic E-state index is 13.0. The summed E-state index contributed by atoms with van der Waals surface area (Å²) in [6.45, 7) is 0. The van der Waals surface area contributed by atoms with E-state index in [1.165, 1.54) is 11.3 Å². The number of nitrogens with one attached hydrogen (secondary N) is 1. The second-order valence-electron chi connectivity index (χ2n) is 6.63. The molecular weight excluding hydrogens is 420 g/mol. The highest BCUT2D eigenvalue weighted by Gasteiger charge is 2.23. The average molecular weight is 439 g/mol. The number of thiazole rings is 1. The number of rotatable bonds is 6. The van der Waals surface area contributed by atoms with Crippen molar-refractivity contribution < 1.29 is 9.53 Å². The van der Waals surface area contributed by atoms with Gasteiger partial charge in [-0.1, -0.05) is 35.9 Å². The number of carbonyl (C=O) groups is 1. The van der Waals surface area contributed by atoms with Crippen LogP contribution < -0.4 is 10.1 Å². The molecule has 2 aromatic heterocycles. The Labute approximate surface area is 183 Å². The maximum atomic E-state index is 13.0. The van der Waals surface area contributed by atoms with Crippen molar-refractivity contribution in [2.45, 2.75) is 6.04 Å². The summed E-state index contributed by atoms with van der Waals surface area (Å²) in [5, 5.41) is 6.16. The monoisotopic (exact) mass is 438 g/mol. The molecule has 4 rings (SSSR count). The normalized spacial score (nSPS) is 11.8. The van der Waals surface area contributed by atoms with Crippen molar-refractivity contribution in [3.8, 4) is 16.3 Å². The second kappa shape index (κ2) is 8.69. The SMILES string of the molecule is COc1cccc(C(NC(=O)c2csc(-c3cccc(Cl)c3)n2)c2nccn2C)c1. The fraction of sp³-hybridized carbons (Fsp3) is 0.136. The zero-order valence-electron chi connectivity index (χ0n) is 16.4. The Morgan fingerprint density at radius 2 is 2.07 bits per heavy atom. The molecule has 0 bridgehead atoms. The largest absolute Gasteiger partial charge is 0.497 e. The Balaban J connectivity index is 1.63. The zero-order chi connectivity index (χ0) is 21.1. The van der Waals surface area contributed by atoms with Crippen LogP contribution in [0.2, 0.25) is 5.02 Å². The van der Waals surface area contributed by atoms with Gasteiger partial charge in [-0.2, -0.15) is 0 Å². The number of hydrogen-bond acceptors (Lipinski definition) is 5. The van der Waals surface area contributed by atoms with E-state index in [9.17, 15) is 4.79 Å². The van der Waals surface area contributed by atoms with Gasteiger partial charge in [0.25, 0.3) is 5.91 Å². The summed E-state index contributed by atoms with van der Waals surface area (Å²) in [5.41, 5.74) is 2.08. The molecule has 0 spiro atoms. The van der Waals surface area contributed by atoms with E-state index in [2.05, 4.69) is 15.3 Å². The lowest BCUT2D eigenvalue weighted by Crippen LogP contribution is -2.31. The number of hydrogen-bond donors (Lipinski definition) is 1. The summed E-state index contributed by atoms with van der Waals surface area (Å²) in [5.74, 6) is 1.13. The topological polar surface area (TPSA) is 69.0 Å². The van der Waals surface area contributed by atoms with Gasteiger partial charge in [0.2, 0.25) is 0 Å². The fourth-order valence-corrected chi connectivity index (χ4v) is 4.10. The second-order valence-corrected chi connectivity index (χ2v) is 7.92. The average Bonchev–Trinajstić information content (AvgIpc) is 3.41. The minimum atomic E-state index is -0.455. The Morgan fingerprint density at radius 3 is 2.80 bits per heavy atom. The lowest BCUT2D eigenvalue weighted by Gasteiger charge is -2.19. The van der Waals surface area contributed by atoms with Crippen LogP contribution in [0.25, 0.3) is 10.6 Å². The predicted octanol–water partition coefficient (Wildman–Crippen LogP) is 4.73. The lowest BCUT2D eigenvalue weighted by molar-refractivity contribution is 0.0937. The summed E-state index contributed by atoms with van der Waals surface area (Å²) >= 11 is 7.47. The molecule has 2 aromatic carbocycles. The summed E-state index contributed by atoms with van der Waals surface area (Å²) in [7, 11) is 3.50. The van der Waals surface area contributed by atoms with Gasteiger partial charge in [-0.3, -0.25) is 4.79 Å². The molecule has 1 atom stereocenters. The van der Waals surface area contributed by atoms with Crippen LogP contribution in [0.4, 0.5) is 0 Å². The molecule has 0 fully saturated rings. The Kier molecular flexibility index (Phi) is 5.83. The highest BCUT2D eigenvalue weighted by molar-refractivity contribution is 7.13. The van der Waals surface area contributed by atoms with Gasteiger partial charge in [0.15, 0.2) is 0 Å². The van der Waals surface area contributed by atoms with Crippen molar-refractivity contribution in [1.82, 2.24) is 19.9 Å². The van der Waals surface area contributed by atoms with Crippen LogP contribution in [0.15, 0.2) is 66.3 Å². The first-order valence-electron chi connectivity index (χ1n) is 9.18. The maximum Gasteiger partial charge on any atom is 0.271 e. The third-order valence-electron chi connectivity index (χ3n) is 4.63. The van der Waals surface area contributed by atoms with Crippen LogP contribution in [-0.2, 0) is 7.05 Å². The number of halogens is 1. The first kappa shape index (κ1) is 20.1. The van der Waals surface area contributed by atoms with E-state index in [0.29, 0.717) is 22.3 Å². The van der Waals surface area contributed by atoms with E-state index in [0.717, 1.165) is 16.1 Å². The molecule has 1 N–H and O–H groups in total. The van der Waals surface area contributed by atoms with Crippen molar-refractivity contribution in [3.05, 3.63) is 88.4 Å². The Morgan fingerprint density at radius 1 is 1.23 bits per heavy atom. The number of amides is 1. The molecule has 0 saturated heterocycles. The quantitative estimate of drug-likeness (QED) is 0.472. The fourth-order valence-electron chi connectivity index (χ4n) is 3.11. The minimum absolute atomic E-state index is 0.282. The number of imidazole rings is 1. The molecule has 30 heavy (non-hydrogen) atoms. The molecule has 8 heteroatoms. The summed E-state index contributed by atoms with van der Waals surface area (Å²) < 4.78 is 7.22. The third-order valence-corrected chi connectivity index (χ3v) is 5.75. The molecule has 2 heterocycles. The predicted molar refractivity (Wildman–Crippen MR) is 118 cm³/mol. The number of aryl methyl sites for hydroxylation is 1. The van der Waals surface area contributed by atoms with Crippen LogP contribution in [0, 0.1) is 0 Å². The van der Waals surface area contributed by atoms with Crippen LogP contribution in [0.3, 0.4) is 0 Å². The molecule has 0 aliphatic rings. The van der Waals surface area contributed by atoms with Gasteiger partial charge in [-0.15, -0.1) is 11.3 Å². The molecule has 152 valence electrons. The van der Waals surface area contributed by atoms with Gasteiger partial charge in [-0.25, -0.2) is 9.97 Å². The van der Waals surface area contributed by atoms with Crippen LogP contribution in [-0.4, -0.2) is 27.6 Å². The standard InChI is InChI=1S/C22H19ClN4O2S/c1-27-10-9-24-20(27)19(14-5-4-8-17(12-14)29-2)26-21(28)18-13-30-22(25-18)15-6-3-7-16(23)11-15/h3-13,19H,1-2H3,(H,26,28). The van der Waals surface area contributed by atoms with E-state index >= 15 is 0 Å². The number of ether oxygens (including phenoxy) is 1. The Bertz CT molecular complexity index is 1190. The molecule has 4 aromatic rings. The molecule has 6 nitrogen and oxygen atoms in total. The number of aromatic nitrogens is 3. The molecule has 0 aliphatic heterocycles. The number of nitrogens with zero attached hydrogens (tertiary/aromatic N) is 3. The molecule has 0 aliphatic carbocycles. The van der Waals surface area contributed by atoms with Crippen LogP contribution >= 0.6 is 22.9 Å². The molecule has 0 saturated carbocycles. The zero-order valence-corrected chi connectivity index (χ0v) is 17.9. The summed E-state index contributed by atoms with van der Waals surface area (Å²) in [6, 6.07) is 14.5. The van der Waals surface area contributed by atoms with Gasteiger partial charge < -0.3 is 14.6 Å². The molecule has 0 radical (unpaired) electrons. The van der Waals surface area contributed by atoms with Crippen molar-refractivity contribution in [3.63, 3.8) is 0 Å². The molecular formula is C22H19ClN4O2S. The van der Waals surface area contributed by atoms with Gasteiger partial charge in [0.05, 0.1) is 7.11 Å². The first-order chi connectivity index (χ1) is 14.5. The van der Waals surface area contributed by atoms with Crippen molar-refractivity contribution >= 4 is 28.8 Å². The smallest absolute Gasteiger partial charge is 0.271 e. The van der Waals surface area contributed by atoms with E-state index in [1.54, 1.807) is 24.8 Å². The van der Waals surface area contributed by atoms with Gasteiger partial charge in [0, 0.05) is 35.4 Å². The summed E-state index contributed by atoms with van der Waals surface area (Å²) in [6.07, 6.45) is 3.55. The van der Waals surface area contributed by atoms with E-state index in [-0.39, 0.29) is 5.91 Å². The molecule has 1 unspecified atom stereocenters. The highest BCUT2D eigenvalue weighted by atomic mass is 35.5. The van der Waals surface area contributed by atoms with Crippen LogP contribution in [0.1, 0.15) is 27.9 Å². The van der Waals surface area contributed by atoms with Crippen molar-refractivity contribution in [1.29, 1.82) is 0 Å². The van der Waals surface area contributed by atoms with Crippen molar-refractivity contribution in [2.24, 2.45) is 7.05 Å². The van der Waals surface area contributed by atoms with E-state index in [4.69, 9.17) is 16.3 Å². The van der Waals surface area contributed by atoms with Gasteiger partial charge in [-0.05, 0) is 29.8 Å². The van der Waals surface area contributed by atoms with E-state index in [1.807, 2.05) is 60.3 Å². The highest BCUT2D eigenvalue weighted by Crippen LogP contribution is 2.28.